The molecular weight excluding hydrogens is 264 g/mol. The van der Waals surface area contributed by atoms with E-state index in [-0.39, 0.29) is 0 Å². The van der Waals surface area contributed by atoms with Gasteiger partial charge in [-0.15, -0.1) is 10.2 Å². The lowest BCUT2D eigenvalue weighted by Crippen LogP contribution is -2.05. The molecule has 2 aromatic heterocycles. The van der Waals surface area contributed by atoms with E-state index in [4.69, 9.17) is 0 Å². The lowest BCUT2D eigenvalue weighted by Gasteiger charge is -2.03. The van der Waals surface area contributed by atoms with Crippen LogP contribution in [0.4, 0.5) is 0 Å². The van der Waals surface area contributed by atoms with Crippen LogP contribution < -0.4 is 0 Å². The summed E-state index contributed by atoms with van der Waals surface area (Å²) in [7, 11) is 0. The molecule has 8 nitrogen and oxygen atoms in total. The van der Waals surface area contributed by atoms with Crippen molar-refractivity contribution in [1.29, 1.82) is 0 Å². The van der Waals surface area contributed by atoms with Gasteiger partial charge in [0.1, 0.15) is 0 Å². The van der Waals surface area contributed by atoms with Crippen LogP contribution in [0.3, 0.4) is 0 Å². The zero-order valence-corrected chi connectivity index (χ0v) is 11.6. The van der Waals surface area contributed by atoms with E-state index < -0.39 is 0 Å². The molecule has 0 N–H and O–H groups in total. The fraction of sp³-hybridized carbons (Fsp3) is 0.800. The van der Waals surface area contributed by atoms with Crippen molar-refractivity contribution < 1.29 is 0 Å². The summed E-state index contributed by atoms with van der Waals surface area (Å²) in [6.45, 7) is 3.02. The Kier molecular flexibility index (Phi) is 3.72. The van der Waals surface area contributed by atoms with Crippen LogP contribution in [0.5, 0.6) is 0 Å². The lowest BCUT2D eigenvalue weighted by molar-refractivity contribution is 0.539. The Balaban J connectivity index is 1.62. The molecule has 0 spiro atoms. The predicted octanol–water partition coefficient (Wildman–Crippen LogP) is 1.09. The van der Waals surface area contributed by atoms with Crippen molar-refractivity contribution in [3.8, 4) is 0 Å². The zero-order chi connectivity index (χ0) is 13.1. The van der Waals surface area contributed by atoms with Crippen LogP contribution in [0, 0.1) is 0 Å². The summed E-state index contributed by atoms with van der Waals surface area (Å²) >= 11 is 1.59. The van der Waals surface area contributed by atoms with Gasteiger partial charge >= 0.3 is 0 Å². The van der Waals surface area contributed by atoms with E-state index in [2.05, 4.69) is 38.0 Å². The van der Waals surface area contributed by atoms with Gasteiger partial charge in [-0.1, -0.05) is 25.1 Å². The molecule has 1 aliphatic rings. The van der Waals surface area contributed by atoms with Crippen LogP contribution in [-0.4, -0.2) is 40.4 Å². The minimum absolute atomic E-state index is 0.494. The molecule has 0 unspecified atom stereocenters. The number of rotatable bonds is 7. The normalized spacial score (nSPS) is 15.0. The Hall–Kier alpha value is -1.51. The van der Waals surface area contributed by atoms with Crippen LogP contribution in [-0.2, 0) is 12.3 Å². The second-order valence-corrected chi connectivity index (χ2v) is 5.54. The van der Waals surface area contributed by atoms with Crippen molar-refractivity contribution in [3.05, 3.63) is 5.82 Å². The van der Waals surface area contributed by atoms with Gasteiger partial charge in [0.25, 0.3) is 0 Å². The van der Waals surface area contributed by atoms with Crippen LogP contribution >= 0.6 is 11.8 Å². The summed E-state index contributed by atoms with van der Waals surface area (Å²) in [6.07, 6.45) is 4.56. The summed E-state index contributed by atoms with van der Waals surface area (Å²) in [5.41, 5.74) is 0. The number of aryl methyl sites for hydroxylation is 1. The third-order valence-electron chi connectivity index (χ3n) is 3.02. The van der Waals surface area contributed by atoms with E-state index in [0.29, 0.717) is 11.8 Å². The van der Waals surface area contributed by atoms with Crippen LogP contribution in [0.2, 0.25) is 0 Å². The first-order valence-corrected chi connectivity index (χ1v) is 7.52. The van der Waals surface area contributed by atoms with Crippen molar-refractivity contribution in [3.63, 3.8) is 0 Å². The minimum Gasteiger partial charge on any atom is -0.229 e. The number of hydrogen-bond donors (Lipinski definition) is 0. The highest BCUT2D eigenvalue weighted by atomic mass is 32.2. The SMILES string of the molecule is CCCCn1nnnc1CSc1nnnn1C1CC1. The Labute approximate surface area is 114 Å². The topological polar surface area (TPSA) is 87.2 Å². The molecule has 2 heterocycles. The van der Waals surface area contributed by atoms with Gasteiger partial charge in [0.05, 0.1) is 11.8 Å². The Morgan fingerprint density at radius 2 is 2.05 bits per heavy atom. The third kappa shape index (κ3) is 2.91. The van der Waals surface area contributed by atoms with Gasteiger partial charge in [0.2, 0.25) is 5.16 Å². The highest BCUT2D eigenvalue weighted by molar-refractivity contribution is 7.98. The molecule has 2 aromatic rings. The molecule has 9 heteroatoms. The number of thioether (sulfide) groups is 1. The molecular formula is C10H16N8S. The van der Waals surface area contributed by atoms with E-state index in [1.54, 1.807) is 11.8 Å². The highest BCUT2D eigenvalue weighted by Crippen LogP contribution is 2.36. The first-order valence-electron chi connectivity index (χ1n) is 6.54. The largest absolute Gasteiger partial charge is 0.229 e. The Morgan fingerprint density at radius 1 is 1.21 bits per heavy atom. The average Bonchev–Trinajstić information content (AvgIpc) is 3.00. The van der Waals surface area contributed by atoms with E-state index in [1.165, 1.54) is 12.8 Å². The molecule has 0 radical (unpaired) electrons. The van der Waals surface area contributed by atoms with E-state index in [1.807, 2.05) is 9.36 Å². The maximum absolute atomic E-state index is 4.06. The third-order valence-corrected chi connectivity index (χ3v) is 3.94. The predicted molar refractivity (Wildman–Crippen MR) is 68.4 cm³/mol. The van der Waals surface area contributed by atoms with Gasteiger partial charge in [0.15, 0.2) is 5.82 Å². The van der Waals surface area contributed by atoms with Gasteiger partial charge in [-0.2, -0.15) is 0 Å². The number of unbranched alkanes of at least 4 members (excludes halogenated alkanes) is 1. The van der Waals surface area contributed by atoms with Crippen molar-refractivity contribution in [2.24, 2.45) is 0 Å². The van der Waals surface area contributed by atoms with Crippen LogP contribution in [0.25, 0.3) is 0 Å². The fourth-order valence-electron chi connectivity index (χ4n) is 1.77. The first-order chi connectivity index (χ1) is 9.38. The smallest absolute Gasteiger partial charge is 0.210 e. The average molecular weight is 280 g/mol. The van der Waals surface area contributed by atoms with E-state index in [9.17, 15) is 0 Å². The second-order valence-electron chi connectivity index (χ2n) is 4.60. The Bertz CT molecular complexity index is 531. The number of hydrogen-bond acceptors (Lipinski definition) is 7. The van der Waals surface area contributed by atoms with E-state index >= 15 is 0 Å². The molecule has 0 aliphatic heterocycles. The number of aromatic nitrogens is 8. The molecule has 0 aromatic carbocycles. The summed E-state index contributed by atoms with van der Waals surface area (Å²) < 4.78 is 3.77. The molecule has 1 saturated carbocycles. The standard InChI is InChI=1S/C10H16N8S/c1-2-3-6-17-9(11-13-15-17)7-19-10-12-14-16-18(10)8-4-5-8/h8H,2-7H2,1H3. The molecule has 1 aliphatic carbocycles. The summed E-state index contributed by atoms with van der Waals surface area (Å²) in [5, 5.41) is 24.5. The van der Waals surface area contributed by atoms with Crippen molar-refractivity contribution >= 4 is 11.8 Å². The minimum atomic E-state index is 0.494. The fourth-order valence-corrected chi connectivity index (χ4v) is 2.64. The molecule has 1 fully saturated rings. The van der Waals surface area contributed by atoms with Crippen molar-refractivity contribution in [1.82, 2.24) is 40.4 Å². The lowest BCUT2D eigenvalue weighted by atomic mass is 10.3. The summed E-state index contributed by atoms with van der Waals surface area (Å²) in [6, 6.07) is 0.494. The maximum Gasteiger partial charge on any atom is 0.210 e. The van der Waals surface area contributed by atoms with Gasteiger partial charge < -0.3 is 0 Å². The highest BCUT2D eigenvalue weighted by Gasteiger charge is 2.28. The van der Waals surface area contributed by atoms with Crippen LogP contribution in [0.1, 0.15) is 44.5 Å². The van der Waals surface area contributed by atoms with Crippen LogP contribution in [0.15, 0.2) is 5.16 Å². The molecule has 0 bridgehead atoms. The number of nitrogens with zero attached hydrogens (tertiary/aromatic N) is 8. The molecule has 0 amide bonds. The quantitative estimate of drug-likeness (QED) is 0.701. The van der Waals surface area contributed by atoms with Gasteiger partial charge in [-0.05, 0) is 40.1 Å². The summed E-state index contributed by atoms with van der Waals surface area (Å²) in [4.78, 5) is 0. The van der Waals surface area contributed by atoms with Gasteiger partial charge in [0, 0.05) is 6.54 Å². The zero-order valence-electron chi connectivity index (χ0n) is 10.8. The Morgan fingerprint density at radius 3 is 2.84 bits per heavy atom. The molecule has 19 heavy (non-hydrogen) atoms. The van der Waals surface area contributed by atoms with Crippen molar-refractivity contribution in [2.45, 2.75) is 56.1 Å². The first kappa shape index (κ1) is 12.5. The summed E-state index contributed by atoms with van der Waals surface area (Å²) in [5.74, 6) is 1.58. The van der Waals surface area contributed by atoms with Gasteiger partial charge in [-0.25, -0.2) is 9.36 Å². The monoisotopic (exact) mass is 280 g/mol. The van der Waals surface area contributed by atoms with Crippen molar-refractivity contribution in [2.75, 3.05) is 0 Å². The maximum atomic E-state index is 4.06. The van der Waals surface area contributed by atoms with E-state index in [0.717, 1.165) is 30.4 Å². The molecule has 3 rings (SSSR count). The van der Waals surface area contributed by atoms with Gasteiger partial charge in [-0.3, -0.25) is 0 Å². The molecule has 0 saturated heterocycles. The molecule has 102 valence electrons. The molecule has 0 atom stereocenters. The second kappa shape index (κ2) is 5.64. The number of tetrazole rings is 2.